The van der Waals surface area contributed by atoms with Gasteiger partial charge in [0.2, 0.25) is 0 Å². The largest absolute Gasteiger partial charge is 0.497 e. The van der Waals surface area contributed by atoms with Crippen LogP contribution in [0.1, 0.15) is 120 Å². The van der Waals surface area contributed by atoms with E-state index in [-0.39, 0.29) is 5.41 Å². The fourth-order valence-corrected chi connectivity index (χ4v) is 10.2. The van der Waals surface area contributed by atoms with Gasteiger partial charge in [0, 0.05) is 16.4 Å². The number of benzene rings is 7. The molecule has 0 fully saturated rings. The molecule has 0 amide bonds. The Hall–Kier alpha value is -6.66. The Labute approximate surface area is 397 Å². The average Bonchev–Trinajstić information content (AvgIpc) is 3.64. The highest BCUT2D eigenvalue weighted by molar-refractivity contribution is 6.09. The maximum absolute atomic E-state index is 7.19. The van der Waals surface area contributed by atoms with Crippen LogP contribution in [0.2, 0.25) is 0 Å². The monoisotopic (exact) mass is 892 g/mol. The van der Waals surface area contributed by atoms with E-state index in [1.54, 1.807) is 7.11 Å². The van der Waals surface area contributed by atoms with Gasteiger partial charge in [0.05, 0.1) is 20.3 Å². The van der Waals surface area contributed by atoms with Crippen molar-refractivity contribution in [2.24, 2.45) is 0 Å². The van der Waals surface area contributed by atoms with Crippen LogP contribution in [0.5, 0.6) is 51.7 Å². The summed E-state index contributed by atoms with van der Waals surface area (Å²) < 4.78 is 37.9. The van der Waals surface area contributed by atoms with E-state index >= 15 is 0 Å². The molecule has 14 rings (SSSR count). The van der Waals surface area contributed by atoms with Crippen molar-refractivity contribution in [3.63, 3.8) is 0 Å². The molecule has 6 aliphatic heterocycles. The highest BCUT2D eigenvalue weighted by Gasteiger charge is 2.45. The second-order valence-corrected chi connectivity index (χ2v) is 18.0. The predicted molar refractivity (Wildman–Crippen MR) is 274 cm³/mol. The SMILES string of the molecule is CCCC1(CCC)c2ccccc2-c2c1c1c(c3cc(OC)ccc23)Oc2ccc(cc2)Oc2ccc(cc2)OCCCCCCCCCCCOc2ccc(cc2)Oc2ccc(cc2)C=C1. The van der Waals surface area contributed by atoms with Gasteiger partial charge in [-0.15, -0.1) is 0 Å². The molecule has 0 saturated heterocycles. The Morgan fingerprint density at radius 3 is 1.48 bits per heavy atom. The summed E-state index contributed by atoms with van der Waals surface area (Å²) in [5.74, 6) is 7.04. The first-order valence-electron chi connectivity index (χ1n) is 24.7. The van der Waals surface area contributed by atoms with Crippen LogP contribution >= 0.6 is 0 Å². The molecule has 1 aliphatic carbocycles. The van der Waals surface area contributed by atoms with E-state index in [0.29, 0.717) is 5.75 Å². The van der Waals surface area contributed by atoms with Gasteiger partial charge >= 0.3 is 0 Å². The van der Waals surface area contributed by atoms with Crippen LogP contribution < -0.4 is 28.4 Å². The normalized spacial score (nSPS) is 15.3. The van der Waals surface area contributed by atoms with Crippen LogP contribution in [0.25, 0.3) is 34.1 Å². The standard InChI is InChI=1S/C61H64O6/c1-4-39-61(40-5-2)57-18-14-13-17-54(57)58-53-38-36-52(62-3)43-56(53)60-55(59(58)61)37-21-44-19-22-47(23-20-44)65-48-28-24-45(25-29-48)63-41-15-11-9-7-6-8-10-12-16-42-64-46-26-30-49(31-27-46)66-50-32-34-51(67-60)35-33-50/h13-14,17-38,43H,4-12,15-16,39-42H2,1-3H3. The number of ether oxygens (including phenoxy) is 6. The zero-order valence-corrected chi connectivity index (χ0v) is 39.5. The third-order valence-electron chi connectivity index (χ3n) is 13.4. The molecule has 6 heterocycles. The van der Waals surface area contributed by atoms with Crippen molar-refractivity contribution in [2.45, 2.75) is 103 Å². The van der Waals surface area contributed by atoms with Gasteiger partial charge in [-0.3, -0.25) is 0 Å². The summed E-state index contributed by atoms with van der Waals surface area (Å²) in [5, 5.41) is 2.14. The summed E-state index contributed by atoms with van der Waals surface area (Å²) in [7, 11) is 1.72. The highest BCUT2D eigenvalue weighted by atomic mass is 16.5. The third-order valence-corrected chi connectivity index (χ3v) is 13.4. The minimum absolute atomic E-state index is 0.204. The molecule has 6 nitrogen and oxygen atoms in total. The molecule has 0 radical (unpaired) electrons. The van der Waals surface area contributed by atoms with Gasteiger partial charge in [0.1, 0.15) is 51.7 Å². The average molecular weight is 893 g/mol. The first-order valence-corrected chi connectivity index (χ1v) is 24.7. The Morgan fingerprint density at radius 2 is 0.955 bits per heavy atom. The molecule has 0 atom stereocenters. The van der Waals surface area contributed by atoms with Crippen molar-refractivity contribution < 1.29 is 28.4 Å². The molecule has 7 aromatic carbocycles. The fraction of sp³-hybridized carbons (Fsp3) is 0.311. The van der Waals surface area contributed by atoms with E-state index in [2.05, 4.69) is 80.6 Å². The second kappa shape index (κ2) is 21.8. The molecule has 0 aromatic heterocycles. The van der Waals surface area contributed by atoms with Crippen LogP contribution in [-0.2, 0) is 5.41 Å². The molecule has 0 saturated carbocycles. The van der Waals surface area contributed by atoms with E-state index in [1.807, 2.05) is 84.9 Å². The highest BCUT2D eigenvalue weighted by Crippen LogP contribution is 2.60. The van der Waals surface area contributed by atoms with Crippen molar-refractivity contribution in [1.29, 1.82) is 0 Å². The maximum atomic E-state index is 7.19. The summed E-state index contributed by atoms with van der Waals surface area (Å²) >= 11 is 0. The van der Waals surface area contributed by atoms with Crippen molar-refractivity contribution >= 4 is 22.9 Å². The molecule has 8 bridgehead atoms. The van der Waals surface area contributed by atoms with Gasteiger partial charge in [0.15, 0.2) is 0 Å². The number of hydrogen-bond donors (Lipinski definition) is 0. The molecule has 67 heavy (non-hydrogen) atoms. The Morgan fingerprint density at radius 1 is 0.478 bits per heavy atom. The molecule has 344 valence electrons. The molecular weight excluding hydrogens is 829 g/mol. The van der Waals surface area contributed by atoms with Gasteiger partial charge in [-0.1, -0.05) is 120 Å². The van der Waals surface area contributed by atoms with Crippen LogP contribution in [0.15, 0.2) is 140 Å². The lowest BCUT2D eigenvalue weighted by molar-refractivity contribution is 0.302. The summed E-state index contributed by atoms with van der Waals surface area (Å²) in [6, 6.07) is 47.6. The topological polar surface area (TPSA) is 55.4 Å². The minimum Gasteiger partial charge on any atom is -0.497 e. The molecule has 0 unspecified atom stereocenters. The molecule has 6 heteroatoms. The Bertz CT molecular complexity index is 2730. The summed E-state index contributed by atoms with van der Waals surface area (Å²) in [6.45, 7) is 6.06. The van der Waals surface area contributed by atoms with Crippen LogP contribution in [0.4, 0.5) is 0 Å². The molecular formula is C61H64O6. The van der Waals surface area contributed by atoms with Gasteiger partial charge in [0.25, 0.3) is 0 Å². The molecule has 7 aromatic rings. The lowest BCUT2D eigenvalue weighted by atomic mass is 9.69. The van der Waals surface area contributed by atoms with Gasteiger partial charge < -0.3 is 28.4 Å². The zero-order chi connectivity index (χ0) is 45.8. The smallest absolute Gasteiger partial charge is 0.142 e. The summed E-state index contributed by atoms with van der Waals surface area (Å²) in [5.41, 5.74) is 7.22. The minimum atomic E-state index is -0.204. The van der Waals surface area contributed by atoms with Crippen molar-refractivity contribution in [3.05, 3.63) is 162 Å². The second-order valence-electron chi connectivity index (χ2n) is 18.0. The summed E-state index contributed by atoms with van der Waals surface area (Å²) in [4.78, 5) is 0. The summed E-state index contributed by atoms with van der Waals surface area (Å²) in [6.07, 6.45) is 19.5. The number of methoxy groups -OCH3 is 1. The fourth-order valence-electron chi connectivity index (χ4n) is 10.2. The van der Waals surface area contributed by atoms with E-state index in [0.717, 1.165) is 120 Å². The van der Waals surface area contributed by atoms with Gasteiger partial charge in [-0.25, -0.2) is 0 Å². The lowest BCUT2D eigenvalue weighted by Crippen LogP contribution is -2.26. The van der Waals surface area contributed by atoms with Crippen LogP contribution in [0.3, 0.4) is 0 Å². The van der Waals surface area contributed by atoms with Crippen molar-refractivity contribution in [3.8, 4) is 62.9 Å². The zero-order valence-electron chi connectivity index (χ0n) is 39.5. The van der Waals surface area contributed by atoms with E-state index in [1.165, 1.54) is 67.2 Å². The van der Waals surface area contributed by atoms with Crippen LogP contribution in [-0.4, -0.2) is 20.3 Å². The number of hydrogen-bond acceptors (Lipinski definition) is 6. The van der Waals surface area contributed by atoms with Crippen molar-refractivity contribution in [2.75, 3.05) is 20.3 Å². The van der Waals surface area contributed by atoms with Crippen molar-refractivity contribution in [1.82, 2.24) is 0 Å². The number of fused-ring (bicyclic) bond motifs is 7. The van der Waals surface area contributed by atoms with Gasteiger partial charge in [-0.05, 0) is 162 Å². The van der Waals surface area contributed by atoms with Gasteiger partial charge in [-0.2, -0.15) is 0 Å². The molecule has 7 aliphatic rings. The maximum Gasteiger partial charge on any atom is 0.142 e. The molecule has 0 spiro atoms. The lowest BCUT2D eigenvalue weighted by Gasteiger charge is -2.34. The third kappa shape index (κ3) is 10.5. The van der Waals surface area contributed by atoms with E-state index < -0.39 is 0 Å². The predicted octanol–water partition coefficient (Wildman–Crippen LogP) is 17.5. The first kappa shape index (κ1) is 45.5. The van der Waals surface area contributed by atoms with E-state index in [9.17, 15) is 0 Å². The molecule has 0 N–H and O–H groups in total. The first-order chi connectivity index (χ1) is 33.0. The Balaban J connectivity index is 1.09. The Kier molecular flexibility index (Phi) is 14.8. The quantitative estimate of drug-likeness (QED) is 0.172. The number of rotatable bonds is 5. The van der Waals surface area contributed by atoms with Crippen LogP contribution in [0, 0.1) is 0 Å². The van der Waals surface area contributed by atoms with E-state index in [4.69, 9.17) is 28.4 Å².